The van der Waals surface area contributed by atoms with Gasteiger partial charge in [-0.2, -0.15) is 0 Å². The fourth-order valence-corrected chi connectivity index (χ4v) is 5.09. The summed E-state index contributed by atoms with van der Waals surface area (Å²) >= 11 is 0. The third-order valence-electron chi connectivity index (χ3n) is 7.55. The SMILES string of the molecule is CCOCCN(C)C(=O)c1ccc2oc(C(=O)Nc3ccc(C)cn3)c(NC(=O)[C@H]3CC[C@H](C(=O)N(C)C)CC3)c2c1. The molecule has 42 heavy (non-hydrogen) atoms. The Bertz CT molecular complexity index is 1440. The standard InChI is InChI=1S/C31H39N5O6/c1-6-41-16-15-36(5)31(40)22-12-13-24-23(17-22)26(27(42-24)29(38)33-25-14-7-19(2)18-32-25)34-28(37)20-8-10-21(11-9-20)30(39)35(3)4/h7,12-14,17-18,20-21H,6,8-11,15-16H2,1-5H3,(H,34,37)(H,32,33,38)/t20-,21-. The molecule has 2 heterocycles. The number of carbonyl (C=O) groups excluding carboxylic acids is 4. The minimum absolute atomic E-state index is 0.0711. The summed E-state index contributed by atoms with van der Waals surface area (Å²) in [6.07, 6.45) is 3.96. The van der Waals surface area contributed by atoms with E-state index in [4.69, 9.17) is 9.15 Å². The molecule has 0 bridgehead atoms. The molecule has 1 fully saturated rings. The molecule has 4 rings (SSSR count). The van der Waals surface area contributed by atoms with Crippen molar-refractivity contribution in [2.75, 3.05) is 51.5 Å². The monoisotopic (exact) mass is 577 g/mol. The molecule has 2 aromatic heterocycles. The highest BCUT2D eigenvalue weighted by molar-refractivity contribution is 6.15. The highest BCUT2D eigenvalue weighted by atomic mass is 16.5. The van der Waals surface area contributed by atoms with E-state index in [1.165, 1.54) is 0 Å². The number of aromatic nitrogens is 1. The molecule has 3 aromatic rings. The Morgan fingerprint density at radius 3 is 2.36 bits per heavy atom. The van der Waals surface area contributed by atoms with E-state index in [1.807, 2.05) is 19.9 Å². The van der Waals surface area contributed by atoms with Crippen molar-refractivity contribution in [3.8, 4) is 0 Å². The number of ether oxygens (including phenoxy) is 1. The van der Waals surface area contributed by atoms with Crippen LogP contribution in [0.5, 0.6) is 0 Å². The van der Waals surface area contributed by atoms with Crippen LogP contribution in [0.2, 0.25) is 0 Å². The van der Waals surface area contributed by atoms with Crippen LogP contribution in [0, 0.1) is 18.8 Å². The zero-order chi connectivity index (χ0) is 30.4. The first-order valence-electron chi connectivity index (χ1n) is 14.2. The summed E-state index contributed by atoms with van der Waals surface area (Å²) in [6, 6.07) is 8.37. The van der Waals surface area contributed by atoms with Gasteiger partial charge < -0.3 is 29.6 Å². The van der Waals surface area contributed by atoms with Gasteiger partial charge >= 0.3 is 0 Å². The summed E-state index contributed by atoms with van der Waals surface area (Å²) in [7, 11) is 5.16. The quantitative estimate of drug-likeness (QED) is 0.343. The number of hydrogen-bond acceptors (Lipinski definition) is 7. The summed E-state index contributed by atoms with van der Waals surface area (Å²) < 4.78 is 11.3. The second-order valence-corrected chi connectivity index (χ2v) is 10.9. The first-order valence-corrected chi connectivity index (χ1v) is 14.2. The molecular formula is C31H39N5O6. The van der Waals surface area contributed by atoms with Gasteiger partial charge in [-0.15, -0.1) is 0 Å². The van der Waals surface area contributed by atoms with E-state index in [-0.39, 0.29) is 41.0 Å². The molecule has 1 aliphatic rings. The highest BCUT2D eigenvalue weighted by Gasteiger charge is 2.32. The van der Waals surface area contributed by atoms with Crippen LogP contribution in [-0.4, -0.2) is 79.3 Å². The van der Waals surface area contributed by atoms with Crippen LogP contribution in [0.1, 0.15) is 59.1 Å². The Balaban J connectivity index is 1.62. The van der Waals surface area contributed by atoms with Crippen molar-refractivity contribution in [3.63, 3.8) is 0 Å². The van der Waals surface area contributed by atoms with Crippen molar-refractivity contribution >= 4 is 46.1 Å². The molecule has 1 aromatic carbocycles. The lowest BCUT2D eigenvalue weighted by atomic mass is 9.81. The summed E-state index contributed by atoms with van der Waals surface area (Å²) in [6.45, 7) is 5.16. The molecule has 0 spiro atoms. The Hall–Kier alpha value is -4.25. The van der Waals surface area contributed by atoms with Gasteiger partial charge in [0.05, 0.1) is 6.61 Å². The van der Waals surface area contributed by atoms with E-state index in [0.717, 1.165) is 5.56 Å². The number of amides is 4. The van der Waals surface area contributed by atoms with E-state index >= 15 is 0 Å². The van der Waals surface area contributed by atoms with Gasteiger partial charge in [0.15, 0.2) is 0 Å². The van der Waals surface area contributed by atoms with Crippen LogP contribution in [-0.2, 0) is 14.3 Å². The van der Waals surface area contributed by atoms with Gasteiger partial charge in [-0.3, -0.25) is 19.2 Å². The van der Waals surface area contributed by atoms with Gasteiger partial charge in [-0.25, -0.2) is 4.98 Å². The number of aryl methyl sites for hydroxylation is 1. The van der Waals surface area contributed by atoms with E-state index in [9.17, 15) is 19.2 Å². The van der Waals surface area contributed by atoms with E-state index in [0.29, 0.717) is 67.8 Å². The molecule has 2 N–H and O–H groups in total. The van der Waals surface area contributed by atoms with Crippen LogP contribution < -0.4 is 10.6 Å². The maximum absolute atomic E-state index is 13.5. The van der Waals surface area contributed by atoms with E-state index in [1.54, 1.807) is 61.4 Å². The number of likely N-dealkylation sites (N-methyl/N-ethyl adjacent to an activating group) is 1. The third-order valence-corrected chi connectivity index (χ3v) is 7.55. The van der Waals surface area contributed by atoms with E-state index in [2.05, 4.69) is 15.6 Å². The summed E-state index contributed by atoms with van der Waals surface area (Å²) in [5.74, 6) is -1.19. The molecule has 224 valence electrons. The number of benzene rings is 1. The second-order valence-electron chi connectivity index (χ2n) is 10.9. The Morgan fingerprint density at radius 2 is 1.71 bits per heavy atom. The van der Waals surface area contributed by atoms with Crippen molar-refractivity contribution in [2.24, 2.45) is 11.8 Å². The van der Waals surface area contributed by atoms with Crippen molar-refractivity contribution in [1.29, 1.82) is 0 Å². The molecule has 0 radical (unpaired) electrons. The van der Waals surface area contributed by atoms with Crippen molar-refractivity contribution < 1.29 is 28.3 Å². The maximum Gasteiger partial charge on any atom is 0.294 e. The number of hydrogen-bond donors (Lipinski definition) is 2. The lowest BCUT2D eigenvalue weighted by Gasteiger charge is -2.28. The fraction of sp³-hybridized carbons (Fsp3) is 0.452. The number of pyridine rings is 1. The van der Waals surface area contributed by atoms with Crippen LogP contribution in [0.4, 0.5) is 11.5 Å². The molecule has 4 amide bonds. The normalized spacial score (nSPS) is 16.6. The summed E-state index contributed by atoms with van der Waals surface area (Å²) in [5.41, 5.74) is 1.86. The lowest BCUT2D eigenvalue weighted by molar-refractivity contribution is -0.135. The molecule has 0 saturated heterocycles. The van der Waals surface area contributed by atoms with Gasteiger partial charge in [0.2, 0.25) is 17.6 Å². The average Bonchev–Trinajstić information content (AvgIpc) is 3.35. The van der Waals surface area contributed by atoms with Gasteiger partial charge in [-0.1, -0.05) is 6.07 Å². The van der Waals surface area contributed by atoms with Gasteiger partial charge in [0.1, 0.15) is 17.1 Å². The molecule has 1 aliphatic carbocycles. The van der Waals surface area contributed by atoms with Gasteiger partial charge in [0, 0.05) is 63.3 Å². The lowest BCUT2D eigenvalue weighted by Crippen LogP contribution is -2.35. The van der Waals surface area contributed by atoms with E-state index < -0.39 is 5.91 Å². The second kappa shape index (κ2) is 13.6. The van der Waals surface area contributed by atoms with Gasteiger partial charge in [0.25, 0.3) is 11.8 Å². The van der Waals surface area contributed by atoms with Crippen LogP contribution in [0.25, 0.3) is 11.0 Å². The Morgan fingerprint density at radius 1 is 1.00 bits per heavy atom. The molecule has 0 aliphatic heterocycles. The molecule has 0 unspecified atom stereocenters. The minimum atomic E-state index is -0.583. The molecule has 1 saturated carbocycles. The third kappa shape index (κ3) is 7.14. The smallest absolute Gasteiger partial charge is 0.294 e. The molecule has 11 nitrogen and oxygen atoms in total. The molecule has 0 atom stereocenters. The number of nitrogens with zero attached hydrogens (tertiary/aromatic N) is 3. The summed E-state index contributed by atoms with van der Waals surface area (Å²) in [5, 5.41) is 6.09. The number of carbonyl (C=O) groups is 4. The maximum atomic E-state index is 13.5. The van der Waals surface area contributed by atoms with Crippen molar-refractivity contribution in [2.45, 2.75) is 39.5 Å². The largest absolute Gasteiger partial charge is 0.449 e. The van der Waals surface area contributed by atoms with Crippen LogP contribution in [0.15, 0.2) is 40.9 Å². The predicted octanol–water partition coefficient (Wildman–Crippen LogP) is 4.33. The highest BCUT2D eigenvalue weighted by Crippen LogP contribution is 2.35. The predicted molar refractivity (Wildman–Crippen MR) is 159 cm³/mol. The first-order chi connectivity index (χ1) is 20.1. The molecule has 11 heteroatoms. The number of nitrogens with one attached hydrogen (secondary N) is 2. The average molecular weight is 578 g/mol. The fourth-order valence-electron chi connectivity index (χ4n) is 5.09. The Labute approximate surface area is 245 Å². The number of rotatable bonds is 10. The number of fused-ring (bicyclic) bond motifs is 1. The zero-order valence-corrected chi connectivity index (χ0v) is 24.9. The Kier molecular flexibility index (Phi) is 9.95. The summed E-state index contributed by atoms with van der Waals surface area (Å²) in [4.78, 5) is 59.8. The minimum Gasteiger partial charge on any atom is -0.449 e. The molecular weight excluding hydrogens is 538 g/mol. The number of furan rings is 1. The zero-order valence-electron chi connectivity index (χ0n) is 24.9. The first kappa shape index (κ1) is 30.7. The van der Waals surface area contributed by atoms with Crippen LogP contribution in [0.3, 0.4) is 0 Å². The van der Waals surface area contributed by atoms with Gasteiger partial charge in [-0.05, 0) is 69.4 Å². The van der Waals surface area contributed by atoms with Crippen molar-refractivity contribution in [3.05, 3.63) is 53.4 Å². The number of anilines is 2. The van der Waals surface area contributed by atoms with Crippen molar-refractivity contribution in [1.82, 2.24) is 14.8 Å². The topological polar surface area (TPSA) is 134 Å². The van der Waals surface area contributed by atoms with Crippen LogP contribution >= 0.6 is 0 Å².